The molecular weight excluding hydrogens is 254 g/mol. The van der Waals surface area contributed by atoms with Crippen LogP contribution in [-0.4, -0.2) is 5.91 Å². The van der Waals surface area contributed by atoms with Gasteiger partial charge in [-0.15, -0.1) is 11.3 Å². The molecule has 1 amide bonds. The highest BCUT2D eigenvalue weighted by molar-refractivity contribution is 7.14. The Balaban J connectivity index is 2.20. The maximum Gasteiger partial charge on any atom is 0.265 e. The van der Waals surface area contributed by atoms with Crippen molar-refractivity contribution in [1.29, 1.82) is 0 Å². The average Bonchev–Trinajstić information content (AvgIpc) is 2.63. The molecule has 0 unspecified atom stereocenters. The van der Waals surface area contributed by atoms with E-state index in [0.717, 1.165) is 10.4 Å². The van der Waals surface area contributed by atoms with Crippen LogP contribution in [0.2, 0.25) is 5.02 Å². The fourth-order valence-electron chi connectivity index (χ4n) is 1.43. The van der Waals surface area contributed by atoms with E-state index < -0.39 is 0 Å². The molecule has 4 heteroatoms. The van der Waals surface area contributed by atoms with Gasteiger partial charge >= 0.3 is 0 Å². The summed E-state index contributed by atoms with van der Waals surface area (Å²) in [5, 5.41) is 3.35. The molecule has 1 N–H and O–H groups in total. The number of para-hydroxylation sites is 1. The number of anilines is 1. The number of nitrogens with one attached hydrogen (secondary N) is 1. The quantitative estimate of drug-likeness (QED) is 0.863. The molecule has 1 aromatic heterocycles. The molecule has 0 aliphatic rings. The third kappa shape index (κ3) is 2.68. The molecule has 0 aliphatic heterocycles. The number of rotatable bonds is 2. The Hall–Kier alpha value is -1.32. The molecule has 0 bridgehead atoms. The Bertz CT molecular complexity index is 543. The number of hydrogen-bond acceptors (Lipinski definition) is 2. The number of amides is 1. The Kier molecular flexibility index (Phi) is 3.50. The van der Waals surface area contributed by atoms with Gasteiger partial charge in [-0.3, -0.25) is 4.79 Å². The van der Waals surface area contributed by atoms with Gasteiger partial charge in [0.15, 0.2) is 0 Å². The largest absolute Gasteiger partial charge is 0.320 e. The molecule has 0 fully saturated rings. The number of benzene rings is 1. The molecule has 0 saturated carbocycles. The van der Waals surface area contributed by atoms with Gasteiger partial charge in [0.2, 0.25) is 0 Å². The van der Waals surface area contributed by atoms with Gasteiger partial charge in [-0.1, -0.05) is 23.7 Å². The number of hydrogen-bond donors (Lipinski definition) is 1. The van der Waals surface area contributed by atoms with Crippen molar-refractivity contribution in [2.75, 3.05) is 5.32 Å². The van der Waals surface area contributed by atoms with Crippen molar-refractivity contribution in [1.82, 2.24) is 0 Å². The van der Waals surface area contributed by atoms with Crippen LogP contribution in [0.3, 0.4) is 0 Å². The summed E-state index contributed by atoms with van der Waals surface area (Å²) < 4.78 is 0. The highest BCUT2D eigenvalue weighted by atomic mass is 35.5. The highest BCUT2D eigenvalue weighted by Crippen LogP contribution is 2.24. The van der Waals surface area contributed by atoms with Crippen LogP contribution in [0.5, 0.6) is 0 Å². The average molecular weight is 266 g/mol. The predicted molar refractivity (Wildman–Crippen MR) is 73.2 cm³/mol. The first-order valence-electron chi connectivity index (χ1n) is 5.21. The van der Waals surface area contributed by atoms with E-state index in [0.29, 0.717) is 15.6 Å². The van der Waals surface area contributed by atoms with E-state index in [1.807, 2.05) is 32.0 Å². The molecule has 2 aromatic rings. The normalized spacial score (nSPS) is 10.3. The zero-order valence-corrected chi connectivity index (χ0v) is 11.2. The number of aryl methyl sites for hydroxylation is 2. The van der Waals surface area contributed by atoms with E-state index >= 15 is 0 Å². The van der Waals surface area contributed by atoms with Gasteiger partial charge < -0.3 is 5.32 Å². The van der Waals surface area contributed by atoms with Crippen LogP contribution < -0.4 is 5.32 Å². The van der Waals surface area contributed by atoms with E-state index in [1.165, 1.54) is 11.3 Å². The molecule has 0 spiro atoms. The lowest BCUT2D eigenvalue weighted by molar-refractivity contribution is 0.103. The number of thiophene rings is 1. The van der Waals surface area contributed by atoms with Crippen LogP contribution in [-0.2, 0) is 0 Å². The molecular formula is C13H12ClNOS. The smallest absolute Gasteiger partial charge is 0.265 e. The van der Waals surface area contributed by atoms with Gasteiger partial charge in [-0.25, -0.2) is 0 Å². The molecule has 88 valence electrons. The standard InChI is InChI=1S/C13H12ClNOS/c1-8-7-12(17-9(8)2)13(16)15-11-6-4-3-5-10(11)14/h3-7H,1-2H3,(H,15,16). The molecule has 2 nitrogen and oxygen atoms in total. The molecule has 1 aromatic carbocycles. The number of carbonyl (C=O) groups is 1. The summed E-state index contributed by atoms with van der Waals surface area (Å²) in [5.74, 6) is -0.112. The summed E-state index contributed by atoms with van der Waals surface area (Å²) in [7, 11) is 0. The minimum atomic E-state index is -0.112. The zero-order chi connectivity index (χ0) is 12.4. The number of halogens is 1. The molecule has 0 aliphatic carbocycles. The summed E-state index contributed by atoms with van der Waals surface area (Å²) in [6, 6.07) is 9.10. The third-order valence-electron chi connectivity index (χ3n) is 2.51. The maximum atomic E-state index is 12.0. The second kappa shape index (κ2) is 4.90. The maximum absolute atomic E-state index is 12.0. The Morgan fingerprint density at radius 2 is 2.00 bits per heavy atom. The van der Waals surface area contributed by atoms with Crippen molar-refractivity contribution in [3.05, 3.63) is 50.7 Å². The molecule has 1 heterocycles. The highest BCUT2D eigenvalue weighted by Gasteiger charge is 2.11. The molecule has 0 saturated heterocycles. The molecule has 0 atom stereocenters. The van der Waals surface area contributed by atoms with Crippen molar-refractivity contribution < 1.29 is 4.79 Å². The van der Waals surface area contributed by atoms with E-state index in [1.54, 1.807) is 12.1 Å². The summed E-state index contributed by atoms with van der Waals surface area (Å²) in [5.41, 5.74) is 1.78. The molecule has 0 radical (unpaired) electrons. The minimum Gasteiger partial charge on any atom is -0.320 e. The fraction of sp³-hybridized carbons (Fsp3) is 0.154. The monoisotopic (exact) mass is 265 g/mol. The Morgan fingerprint density at radius 1 is 1.29 bits per heavy atom. The first-order chi connectivity index (χ1) is 8.08. The lowest BCUT2D eigenvalue weighted by atomic mass is 10.2. The Morgan fingerprint density at radius 3 is 2.59 bits per heavy atom. The molecule has 17 heavy (non-hydrogen) atoms. The lowest BCUT2D eigenvalue weighted by Gasteiger charge is -2.04. The van der Waals surface area contributed by atoms with Gasteiger partial charge in [0.05, 0.1) is 15.6 Å². The van der Waals surface area contributed by atoms with Crippen molar-refractivity contribution in [3.63, 3.8) is 0 Å². The van der Waals surface area contributed by atoms with Crippen LogP contribution in [0.15, 0.2) is 30.3 Å². The summed E-state index contributed by atoms with van der Waals surface area (Å²) in [6.45, 7) is 4.00. The predicted octanol–water partition coefficient (Wildman–Crippen LogP) is 4.27. The van der Waals surface area contributed by atoms with Crippen molar-refractivity contribution in [3.8, 4) is 0 Å². The van der Waals surface area contributed by atoms with Gasteiger partial charge in [-0.05, 0) is 37.6 Å². The van der Waals surface area contributed by atoms with Crippen LogP contribution >= 0.6 is 22.9 Å². The second-order valence-electron chi connectivity index (χ2n) is 3.78. The lowest BCUT2D eigenvalue weighted by Crippen LogP contribution is -2.10. The molecule has 2 rings (SSSR count). The van der Waals surface area contributed by atoms with Crippen molar-refractivity contribution in [2.45, 2.75) is 13.8 Å². The van der Waals surface area contributed by atoms with Gasteiger partial charge in [-0.2, -0.15) is 0 Å². The van der Waals surface area contributed by atoms with E-state index in [2.05, 4.69) is 5.32 Å². The summed E-state index contributed by atoms with van der Waals surface area (Å²) >= 11 is 7.47. The SMILES string of the molecule is Cc1cc(C(=O)Nc2ccccc2Cl)sc1C. The zero-order valence-electron chi connectivity index (χ0n) is 9.58. The first kappa shape index (κ1) is 12.1. The second-order valence-corrected chi connectivity index (χ2v) is 5.45. The number of carbonyl (C=O) groups excluding carboxylic acids is 1. The topological polar surface area (TPSA) is 29.1 Å². The van der Waals surface area contributed by atoms with E-state index in [-0.39, 0.29) is 5.91 Å². The van der Waals surface area contributed by atoms with Crippen LogP contribution in [0.25, 0.3) is 0 Å². The van der Waals surface area contributed by atoms with Crippen molar-refractivity contribution >= 4 is 34.5 Å². The summed E-state index contributed by atoms with van der Waals surface area (Å²) in [4.78, 5) is 13.8. The van der Waals surface area contributed by atoms with Crippen LogP contribution in [0.1, 0.15) is 20.1 Å². The first-order valence-corrected chi connectivity index (χ1v) is 6.40. The van der Waals surface area contributed by atoms with Crippen LogP contribution in [0.4, 0.5) is 5.69 Å². The van der Waals surface area contributed by atoms with Gasteiger partial charge in [0.1, 0.15) is 0 Å². The minimum absolute atomic E-state index is 0.112. The van der Waals surface area contributed by atoms with E-state index in [9.17, 15) is 4.79 Å². The van der Waals surface area contributed by atoms with Gasteiger partial charge in [0.25, 0.3) is 5.91 Å². The third-order valence-corrected chi connectivity index (χ3v) is 3.99. The van der Waals surface area contributed by atoms with E-state index in [4.69, 9.17) is 11.6 Å². The summed E-state index contributed by atoms with van der Waals surface area (Å²) in [6.07, 6.45) is 0. The van der Waals surface area contributed by atoms with Crippen molar-refractivity contribution in [2.24, 2.45) is 0 Å². The van der Waals surface area contributed by atoms with Crippen LogP contribution in [0, 0.1) is 13.8 Å². The fourth-order valence-corrected chi connectivity index (χ4v) is 2.54. The van der Waals surface area contributed by atoms with Gasteiger partial charge in [0, 0.05) is 4.88 Å². The Labute approximate surface area is 109 Å².